The molecule has 0 aromatic carbocycles. The van der Waals surface area contributed by atoms with Gasteiger partial charge in [0.2, 0.25) is 5.79 Å². The molecule has 0 aromatic heterocycles. The number of hydrogen-bond donors (Lipinski definition) is 4. The summed E-state index contributed by atoms with van der Waals surface area (Å²) in [7, 11) is 0. The van der Waals surface area contributed by atoms with Crippen LogP contribution in [0.1, 0.15) is 107 Å². The van der Waals surface area contributed by atoms with Crippen molar-refractivity contribution in [1.29, 1.82) is 0 Å². The predicted molar refractivity (Wildman–Crippen MR) is 168 cm³/mol. The maximum atomic E-state index is 11.9. The lowest BCUT2D eigenvalue weighted by molar-refractivity contribution is -0.327. The van der Waals surface area contributed by atoms with Gasteiger partial charge in [0.05, 0.1) is 24.4 Å². The van der Waals surface area contributed by atoms with E-state index in [1.807, 2.05) is 13.8 Å². The average molecular weight is 663 g/mol. The van der Waals surface area contributed by atoms with Crippen LogP contribution in [0.25, 0.3) is 0 Å². The molecular weight excluding hydrogens is 604 g/mol. The summed E-state index contributed by atoms with van der Waals surface area (Å²) in [4.78, 5) is 11.9. The average Bonchev–Trinajstić information content (AvgIpc) is 3.53. The van der Waals surface area contributed by atoms with Gasteiger partial charge in [-0.25, -0.2) is 0 Å². The summed E-state index contributed by atoms with van der Waals surface area (Å²) in [5, 5.41) is 43.8. The van der Waals surface area contributed by atoms with Crippen molar-refractivity contribution >= 4 is 5.97 Å². The zero-order chi connectivity index (χ0) is 33.9. The lowest BCUT2D eigenvalue weighted by Crippen LogP contribution is -2.63. The summed E-state index contributed by atoms with van der Waals surface area (Å²) in [5.41, 5.74) is -0.428. The molecule has 0 bridgehead atoms. The van der Waals surface area contributed by atoms with Gasteiger partial charge in [0.25, 0.3) is 0 Å². The van der Waals surface area contributed by atoms with Crippen LogP contribution in [-0.4, -0.2) is 93.4 Å². The Morgan fingerprint density at radius 2 is 1.55 bits per heavy atom. The number of hydrogen-bond acceptors (Lipinski definition) is 10. The third-order valence-corrected chi connectivity index (χ3v) is 16.4. The van der Waals surface area contributed by atoms with Crippen LogP contribution >= 0.6 is 0 Å². The monoisotopic (exact) mass is 662 g/mol. The fourth-order valence-electron chi connectivity index (χ4n) is 14.2. The molecule has 5 saturated carbocycles. The van der Waals surface area contributed by atoms with Crippen molar-refractivity contribution in [1.82, 2.24) is 0 Å². The Bertz CT molecular complexity index is 1320. The topological polar surface area (TPSA) is 144 Å². The molecule has 8 fully saturated rings. The Balaban J connectivity index is 1.04. The van der Waals surface area contributed by atoms with Gasteiger partial charge < -0.3 is 44.1 Å². The van der Waals surface area contributed by atoms with Crippen LogP contribution in [0.4, 0.5) is 0 Å². The Labute approximate surface area is 279 Å². The molecule has 0 radical (unpaired) electrons. The van der Waals surface area contributed by atoms with E-state index in [0.717, 1.165) is 38.5 Å². The molecule has 0 amide bonds. The molecular formula is C37H58O10. The highest BCUT2D eigenvalue weighted by molar-refractivity contribution is 5.66. The van der Waals surface area contributed by atoms with E-state index in [2.05, 4.69) is 34.6 Å². The number of aliphatic hydroxyl groups is 4. The summed E-state index contributed by atoms with van der Waals surface area (Å²) in [6.07, 6.45) is 2.33. The standard InChI is InChI=1S/C37H58O10/c1-18-25-21(46-37(42)28(18)47-32(5,6)30(37)41)15-34(8)23-10-9-22-31(3,4)24(11-12-35(22)17-36(23,35)14-13-33(25,34)7)45-29-27(44-19(2)38)26(40)20(39)16-43-29/h18,20-30,39-42H,9-17H2,1-8H3/t18-,20-,21-,22-,23-,24-,25-,26+,27-,28+,29+,30+,33+,34-,35+,36-,37-/m0/s1. The van der Waals surface area contributed by atoms with Crippen molar-refractivity contribution < 1.29 is 48.9 Å². The van der Waals surface area contributed by atoms with Gasteiger partial charge in [0, 0.05) is 6.92 Å². The summed E-state index contributed by atoms with van der Waals surface area (Å²) in [6, 6.07) is 0. The van der Waals surface area contributed by atoms with Gasteiger partial charge in [-0.3, -0.25) is 4.79 Å². The fraction of sp³-hybridized carbons (Fsp3) is 0.973. The van der Waals surface area contributed by atoms with E-state index < -0.39 is 54.2 Å². The first-order valence-corrected chi connectivity index (χ1v) is 18.4. The molecule has 10 heteroatoms. The lowest BCUT2D eigenvalue weighted by Gasteiger charge is -2.63. The normalized spacial score (nSPS) is 59.8. The molecule has 8 rings (SSSR count). The molecule has 17 atom stereocenters. The molecule has 0 unspecified atom stereocenters. The van der Waals surface area contributed by atoms with Gasteiger partial charge in [-0.15, -0.1) is 0 Å². The van der Waals surface area contributed by atoms with Crippen molar-refractivity contribution in [3.63, 3.8) is 0 Å². The SMILES string of the molecule is CC(=O)O[C@@H]1[C@@H](O[C@H]2CC[C@]34C[C@]35CC[C@]3(C)[C@H]6[C@H](C)[C@H]7OC(C)(C)[C@@H](O)[C@@]7(O)O[C@H]6C[C@@]3(C)[C@@H]5CC[C@H]4C2(C)C)OC[C@H](O)[C@H]1O. The number of carbonyl (C=O) groups excluding carboxylic acids is 1. The van der Waals surface area contributed by atoms with Gasteiger partial charge in [0.15, 0.2) is 12.4 Å². The van der Waals surface area contributed by atoms with Crippen molar-refractivity contribution in [2.24, 2.45) is 50.7 Å². The Hall–Kier alpha value is -0.850. The first-order valence-electron chi connectivity index (χ1n) is 18.4. The molecule has 266 valence electrons. The van der Waals surface area contributed by atoms with Crippen LogP contribution in [0.3, 0.4) is 0 Å². The van der Waals surface area contributed by atoms with Crippen LogP contribution in [-0.2, 0) is 28.5 Å². The van der Waals surface area contributed by atoms with Crippen LogP contribution in [0.2, 0.25) is 0 Å². The summed E-state index contributed by atoms with van der Waals surface area (Å²) in [6.45, 7) is 16.8. The van der Waals surface area contributed by atoms with Gasteiger partial charge >= 0.3 is 5.97 Å². The Morgan fingerprint density at radius 1 is 0.872 bits per heavy atom. The minimum Gasteiger partial charge on any atom is -0.454 e. The van der Waals surface area contributed by atoms with E-state index in [1.165, 1.54) is 19.8 Å². The Morgan fingerprint density at radius 3 is 2.26 bits per heavy atom. The smallest absolute Gasteiger partial charge is 0.303 e. The largest absolute Gasteiger partial charge is 0.454 e. The maximum Gasteiger partial charge on any atom is 0.303 e. The number of carbonyl (C=O) groups is 1. The van der Waals surface area contributed by atoms with Crippen molar-refractivity contribution in [3.05, 3.63) is 0 Å². The van der Waals surface area contributed by atoms with Crippen LogP contribution in [0.15, 0.2) is 0 Å². The third-order valence-electron chi connectivity index (χ3n) is 16.4. The van der Waals surface area contributed by atoms with Gasteiger partial charge in [0.1, 0.15) is 24.4 Å². The number of fused-ring (bicyclic) bond motifs is 5. The highest BCUT2D eigenvalue weighted by Gasteiger charge is 2.84. The van der Waals surface area contributed by atoms with E-state index in [0.29, 0.717) is 11.8 Å². The zero-order valence-electron chi connectivity index (χ0n) is 29.5. The second-order valence-corrected chi connectivity index (χ2v) is 18.9. The molecule has 8 aliphatic rings. The number of rotatable bonds is 3. The molecule has 10 nitrogen and oxygen atoms in total. The quantitative estimate of drug-likeness (QED) is 0.261. The molecule has 3 saturated heterocycles. The van der Waals surface area contributed by atoms with E-state index in [9.17, 15) is 25.2 Å². The molecule has 47 heavy (non-hydrogen) atoms. The summed E-state index contributed by atoms with van der Waals surface area (Å²) in [5.74, 6) is -0.900. The molecule has 2 spiro atoms. The number of esters is 1. The van der Waals surface area contributed by atoms with Crippen LogP contribution in [0, 0.1) is 50.7 Å². The fourth-order valence-corrected chi connectivity index (χ4v) is 14.2. The second kappa shape index (κ2) is 9.93. The van der Waals surface area contributed by atoms with E-state index in [-0.39, 0.29) is 57.7 Å². The number of aliphatic hydroxyl groups excluding tert-OH is 3. The van der Waals surface area contributed by atoms with E-state index in [4.69, 9.17) is 23.7 Å². The molecule has 3 heterocycles. The third kappa shape index (κ3) is 3.99. The number of ether oxygens (including phenoxy) is 5. The molecule has 0 aromatic rings. The molecule has 3 aliphatic heterocycles. The van der Waals surface area contributed by atoms with Crippen molar-refractivity contribution in [2.45, 2.75) is 167 Å². The molecule has 5 aliphatic carbocycles. The Kier molecular flexibility index (Phi) is 7.03. The minimum absolute atomic E-state index is 0.0390. The highest BCUT2D eigenvalue weighted by Crippen LogP contribution is 2.89. The van der Waals surface area contributed by atoms with Gasteiger partial charge in [-0.2, -0.15) is 0 Å². The van der Waals surface area contributed by atoms with E-state index >= 15 is 0 Å². The van der Waals surface area contributed by atoms with Crippen molar-refractivity contribution in [2.75, 3.05) is 6.61 Å². The summed E-state index contributed by atoms with van der Waals surface area (Å²) < 4.78 is 30.9. The summed E-state index contributed by atoms with van der Waals surface area (Å²) >= 11 is 0. The minimum atomic E-state index is -1.69. The predicted octanol–water partition coefficient (Wildman–Crippen LogP) is 3.69. The van der Waals surface area contributed by atoms with E-state index in [1.54, 1.807) is 0 Å². The first-order chi connectivity index (χ1) is 21.8. The maximum absolute atomic E-state index is 11.9. The first kappa shape index (κ1) is 33.3. The van der Waals surface area contributed by atoms with Gasteiger partial charge in [-0.05, 0) is 116 Å². The molecule has 4 N–H and O–H groups in total. The van der Waals surface area contributed by atoms with Gasteiger partial charge in [-0.1, -0.05) is 34.6 Å². The van der Waals surface area contributed by atoms with Crippen molar-refractivity contribution in [3.8, 4) is 0 Å². The highest BCUT2D eigenvalue weighted by atomic mass is 16.7. The lowest BCUT2D eigenvalue weighted by atomic mass is 9.41. The second-order valence-electron chi connectivity index (χ2n) is 18.9. The zero-order valence-corrected chi connectivity index (χ0v) is 29.5. The van der Waals surface area contributed by atoms with Crippen LogP contribution < -0.4 is 0 Å². The van der Waals surface area contributed by atoms with Crippen LogP contribution in [0.5, 0.6) is 0 Å².